The SMILES string of the molecule is Cc1ccc(-c2ccc3c(c2)c2cc4c5ccccc5c5cc(-c6ccc7ccccc7c6)ccc5c4cc2n3-c2cc(-c3ccccc3)nc(-c3ccccc3)n2)cc1. The van der Waals surface area contributed by atoms with E-state index in [1.807, 2.05) is 24.3 Å². The number of benzene rings is 10. The van der Waals surface area contributed by atoms with E-state index >= 15 is 0 Å². The van der Waals surface area contributed by atoms with Gasteiger partial charge >= 0.3 is 0 Å². The van der Waals surface area contributed by atoms with Crippen LogP contribution in [0, 0.1) is 6.92 Å². The molecule has 0 atom stereocenters. The van der Waals surface area contributed by atoms with Crippen molar-refractivity contribution in [3.05, 3.63) is 212 Å². The van der Waals surface area contributed by atoms with Crippen molar-refractivity contribution in [3.8, 4) is 50.7 Å². The monoisotopic (exact) mass is 763 g/mol. The number of aryl methyl sites for hydroxylation is 1. The fourth-order valence-corrected chi connectivity index (χ4v) is 9.21. The number of hydrogen-bond donors (Lipinski definition) is 0. The summed E-state index contributed by atoms with van der Waals surface area (Å²) in [7, 11) is 0. The van der Waals surface area contributed by atoms with Gasteiger partial charge in [0.25, 0.3) is 0 Å². The van der Waals surface area contributed by atoms with Crippen LogP contribution < -0.4 is 0 Å². The van der Waals surface area contributed by atoms with Crippen molar-refractivity contribution >= 4 is 64.9 Å². The second kappa shape index (κ2) is 13.6. The molecule has 2 aromatic heterocycles. The summed E-state index contributed by atoms with van der Waals surface area (Å²) >= 11 is 0. The van der Waals surface area contributed by atoms with Crippen molar-refractivity contribution in [3.63, 3.8) is 0 Å². The number of aromatic nitrogens is 3. The third kappa shape index (κ3) is 5.59. The molecule has 60 heavy (non-hydrogen) atoms. The van der Waals surface area contributed by atoms with Gasteiger partial charge in [0.15, 0.2) is 5.82 Å². The number of fused-ring (bicyclic) bond motifs is 10. The van der Waals surface area contributed by atoms with Crippen molar-refractivity contribution in [2.75, 3.05) is 0 Å². The van der Waals surface area contributed by atoms with E-state index in [0.717, 1.165) is 33.7 Å². The van der Waals surface area contributed by atoms with E-state index in [1.54, 1.807) is 0 Å². The van der Waals surface area contributed by atoms with E-state index in [2.05, 4.69) is 193 Å². The zero-order valence-electron chi connectivity index (χ0n) is 33.0. The lowest BCUT2D eigenvalue weighted by molar-refractivity contribution is 1.05. The van der Waals surface area contributed by atoms with Gasteiger partial charge in [-0.05, 0) is 109 Å². The van der Waals surface area contributed by atoms with Crippen LogP contribution in [0.1, 0.15) is 5.56 Å². The Balaban J connectivity index is 1.17. The molecule has 0 aliphatic heterocycles. The minimum absolute atomic E-state index is 0.691. The van der Waals surface area contributed by atoms with E-state index in [1.165, 1.54) is 81.7 Å². The predicted molar refractivity (Wildman–Crippen MR) is 253 cm³/mol. The predicted octanol–water partition coefficient (Wildman–Crippen LogP) is 15.2. The molecule has 0 radical (unpaired) electrons. The van der Waals surface area contributed by atoms with E-state index in [0.29, 0.717) is 5.82 Å². The highest BCUT2D eigenvalue weighted by Gasteiger charge is 2.20. The molecule has 0 bridgehead atoms. The molecule has 0 saturated carbocycles. The Kier molecular flexibility index (Phi) is 7.76. The van der Waals surface area contributed by atoms with E-state index in [-0.39, 0.29) is 0 Å². The standard InChI is InChI=1S/C57H37N3/c1-36-20-22-38(23-21-36)43-27-29-54-51(32-43)52-33-49-46-19-11-10-18-45(46)48-31-44(42-25-24-37-12-8-9-17-41(37)30-42)26-28-47(48)50(49)34-55(52)60(54)56-35-53(39-13-4-2-5-14-39)58-57(59-56)40-15-6-3-7-16-40/h2-35H,1H3. The summed E-state index contributed by atoms with van der Waals surface area (Å²) in [6.45, 7) is 2.14. The lowest BCUT2D eigenvalue weighted by Gasteiger charge is -2.14. The van der Waals surface area contributed by atoms with Gasteiger partial charge in [-0.3, -0.25) is 4.57 Å². The number of hydrogen-bond acceptors (Lipinski definition) is 2. The molecule has 3 heteroatoms. The quantitative estimate of drug-likeness (QED) is 0.163. The first-order chi connectivity index (χ1) is 29.6. The van der Waals surface area contributed by atoms with Crippen molar-refractivity contribution in [2.45, 2.75) is 6.92 Å². The third-order valence-electron chi connectivity index (χ3n) is 12.2. The van der Waals surface area contributed by atoms with Gasteiger partial charge in [-0.1, -0.05) is 169 Å². The molecule has 280 valence electrons. The maximum absolute atomic E-state index is 5.37. The molecule has 0 unspecified atom stereocenters. The Hall–Kier alpha value is -7.88. The van der Waals surface area contributed by atoms with Gasteiger partial charge in [0.2, 0.25) is 0 Å². The van der Waals surface area contributed by atoms with Gasteiger partial charge in [-0.25, -0.2) is 9.97 Å². The van der Waals surface area contributed by atoms with Crippen LogP contribution in [0.5, 0.6) is 0 Å². The molecule has 10 aromatic carbocycles. The molecule has 0 saturated heterocycles. The molecule has 3 nitrogen and oxygen atoms in total. The summed E-state index contributed by atoms with van der Waals surface area (Å²) < 4.78 is 2.36. The fraction of sp³-hybridized carbons (Fsp3) is 0.0175. The Morgan fingerprint density at radius 1 is 0.317 bits per heavy atom. The van der Waals surface area contributed by atoms with Gasteiger partial charge in [-0.15, -0.1) is 0 Å². The zero-order valence-corrected chi connectivity index (χ0v) is 33.0. The molecule has 0 aliphatic rings. The van der Waals surface area contributed by atoms with E-state index in [4.69, 9.17) is 9.97 Å². The smallest absolute Gasteiger partial charge is 0.162 e. The molecule has 0 aliphatic carbocycles. The first-order valence-corrected chi connectivity index (χ1v) is 20.6. The molecule has 2 heterocycles. The Labute approximate surface area is 347 Å². The topological polar surface area (TPSA) is 30.7 Å². The molecular weight excluding hydrogens is 727 g/mol. The van der Waals surface area contributed by atoms with Crippen LogP contribution in [0.2, 0.25) is 0 Å². The van der Waals surface area contributed by atoms with E-state index in [9.17, 15) is 0 Å². The maximum Gasteiger partial charge on any atom is 0.162 e. The van der Waals surface area contributed by atoms with Crippen molar-refractivity contribution < 1.29 is 0 Å². The maximum atomic E-state index is 5.37. The highest BCUT2D eigenvalue weighted by Crippen LogP contribution is 2.43. The number of rotatable bonds is 5. The van der Waals surface area contributed by atoms with Crippen molar-refractivity contribution in [1.29, 1.82) is 0 Å². The average Bonchev–Trinajstić information content (AvgIpc) is 3.64. The highest BCUT2D eigenvalue weighted by atomic mass is 15.1. The second-order valence-electron chi connectivity index (χ2n) is 15.9. The van der Waals surface area contributed by atoms with Crippen LogP contribution in [-0.4, -0.2) is 14.5 Å². The van der Waals surface area contributed by atoms with Crippen LogP contribution >= 0.6 is 0 Å². The minimum atomic E-state index is 0.691. The van der Waals surface area contributed by atoms with Crippen LogP contribution in [0.3, 0.4) is 0 Å². The van der Waals surface area contributed by atoms with Gasteiger partial charge < -0.3 is 0 Å². The van der Waals surface area contributed by atoms with E-state index < -0.39 is 0 Å². The average molecular weight is 764 g/mol. The molecule has 12 aromatic rings. The van der Waals surface area contributed by atoms with Crippen molar-refractivity contribution in [2.24, 2.45) is 0 Å². The summed E-state index contributed by atoms with van der Waals surface area (Å²) in [6.07, 6.45) is 0. The first-order valence-electron chi connectivity index (χ1n) is 20.6. The summed E-state index contributed by atoms with van der Waals surface area (Å²) in [5, 5.41) is 12.3. The summed E-state index contributed by atoms with van der Waals surface area (Å²) in [5.41, 5.74) is 11.2. The van der Waals surface area contributed by atoms with Crippen molar-refractivity contribution in [1.82, 2.24) is 14.5 Å². The lowest BCUT2D eigenvalue weighted by Crippen LogP contribution is -2.02. The van der Waals surface area contributed by atoms with Gasteiger partial charge in [-0.2, -0.15) is 0 Å². The Bertz CT molecular complexity index is 3580. The van der Waals surface area contributed by atoms with Crippen LogP contribution in [0.4, 0.5) is 0 Å². The first kappa shape index (κ1) is 34.2. The molecule has 0 N–H and O–H groups in total. The normalized spacial score (nSPS) is 11.8. The van der Waals surface area contributed by atoms with Crippen LogP contribution in [-0.2, 0) is 0 Å². The molecule has 0 spiro atoms. The third-order valence-corrected chi connectivity index (χ3v) is 12.2. The van der Waals surface area contributed by atoms with Gasteiger partial charge in [0.05, 0.1) is 16.7 Å². The highest BCUT2D eigenvalue weighted by molar-refractivity contribution is 6.29. The van der Waals surface area contributed by atoms with Gasteiger partial charge in [0.1, 0.15) is 5.82 Å². The minimum Gasteiger partial charge on any atom is -0.294 e. The largest absolute Gasteiger partial charge is 0.294 e. The molecular formula is C57H37N3. The lowest BCUT2D eigenvalue weighted by atomic mass is 9.91. The summed E-state index contributed by atoms with van der Waals surface area (Å²) in [4.78, 5) is 10.5. The van der Waals surface area contributed by atoms with Gasteiger partial charge in [0, 0.05) is 28.0 Å². The molecule has 0 fully saturated rings. The number of nitrogens with zero attached hydrogens (tertiary/aromatic N) is 3. The Morgan fingerprint density at radius 2 is 0.867 bits per heavy atom. The van der Waals surface area contributed by atoms with Crippen LogP contribution in [0.25, 0.3) is 116 Å². The Morgan fingerprint density at radius 3 is 1.65 bits per heavy atom. The van der Waals surface area contributed by atoms with Crippen LogP contribution in [0.15, 0.2) is 206 Å². The second-order valence-corrected chi connectivity index (χ2v) is 15.9. The molecule has 12 rings (SSSR count). The fourth-order valence-electron chi connectivity index (χ4n) is 9.21. The molecule has 0 amide bonds. The summed E-state index contributed by atoms with van der Waals surface area (Å²) in [5.74, 6) is 1.52. The zero-order chi connectivity index (χ0) is 39.7. The summed E-state index contributed by atoms with van der Waals surface area (Å²) in [6, 6.07) is 74.7.